The van der Waals surface area contributed by atoms with Crippen molar-refractivity contribution in [3.63, 3.8) is 0 Å². The van der Waals surface area contributed by atoms with Gasteiger partial charge in [0.15, 0.2) is 5.75 Å². The lowest BCUT2D eigenvalue weighted by atomic mass is 10.3. The Morgan fingerprint density at radius 1 is 1.26 bits per heavy atom. The number of alkyl halides is 3. The van der Waals surface area contributed by atoms with Crippen molar-refractivity contribution >= 4 is 15.5 Å². The van der Waals surface area contributed by atoms with Gasteiger partial charge in [0.05, 0.1) is 11.4 Å². The molecule has 8 heteroatoms. The van der Waals surface area contributed by atoms with E-state index < -0.39 is 16.2 Å². The van der Waals surface area contributed by atoms with Gasteiger partial charge in [-0.1, -0.05) is 12.1 Å². The van der Waals surface area contributed by atoms with Crippen molar-refractivity contribution in [1.29, 1.82) is 0 Å². The molecule has 0 unspecified atom stereocenters. The van der Waals surface area contributed by atoms with E-state index in [1.165, 1.54) is 18.2 Å². The molecular formula is C11H14F3NO3S. The molecule has 0 saturated carbocycles. The molecule has 0 bridgehead atoms. The second-order valence-corrected chi connectivity index (χ2v) is 6.21. The monoisotopic (exact) mass is 297 g/mol. The fourth-order valence-corrected chi connectivity index (χ4v) is 2.05. The molecule has 0 aliphatic rings. The highest BCUT2D eigenvalue weighted by Gasteiger charge is 2.31. The average molecular weight is 297 g/mol. The number of benzene rings is 1. The van der Waals surface area contributed by atoms with Gasteiger partial charge in [-0.25, -0.2) is 8.42 Å². The van der Waals surface area contributed by atoms with Crippen LogP contribution in [-0.4, -0.2) is 33.3 Å². The van der Waals surface area contributed by atoms with Crippen LogP contribution in [-0.2, 0) is 9.84 Å². The van der Waals surface area contributed by atoms with Crippen molar-refractivity contribution in [3.05, 3.63) is 24.3 Å². The van der Waals surface area contributed by atoms with Gasteiger partial charge < -0.3 is 10.1 Å². The van der Waals surface area contributed by atoms with E-state index in [1.54, 1.807) is 6.07 Å². The topological polar surface area (TPSA) is 55.4 Å². The van der Waals surface area contributed by atoms with Gasteiger partial charge in [-0.2, -0.15) is 0 Å². The Morgan fingerprint density at radius 2 is 1.89 bits per heavy atom. The molecule has 1 N–H and O–H groups in total. The van der Waals surface area contributed by atoms with Crippen LogP contribution in [0.15, 0.2) is 24.3 Å². The molecule has 0 saturated heterocycles. The maximum atomic E-state index is 12.1. The van der Waals surface area contributed by atoms with Gasteiger partial charge in [-0.3, -0.25) is 0 Å². The summed E-state index contributed by atoms with van der Waals surface area (Å²) in [6.45, 7) is 0.241. The third kappa shape index (κ3) is 6.90. The average Bonchev–Trinajstić information content (AvgIpc) is 2.23. The lowest BCUT2D eigenvalue weighted by Crippen LogP contribution is -2.18. The third-order valence-electron chi connectivity index (χ3n) is 2.12. The molecule has 0 amide bonds. The highest BCUT2D eigenvalue weighted by atomic mass is 32.2. The van der Waals surface area contributed by atoms with E-state index in [2.05, 4.69) is 10.1 Å². The molecule has 0 aliphatic carbocycles. The fourth-order valence-electron chi connectivity index (χ4n) is 1.38. The summed E-state index contributed by atoms with van der Waals surface area (Å²) in [7, 11) is -3.07. The molecule has 19 heavy (non-hydrogen) atoms. The Morgan fingerprint density at radius 3 is 2.47 bits per heavy atom. The highest BCUT2D eigenvalue weighted by molar-refractivity contribution is 7.90. The van der Waals surface area contributed by atoms with E-state index in [1.807, 2.05) is 0 Å². The molecule has 0 spiro atoms. The quantitative estimate of drug-likeness (QED) is 0.819. The smallest absolute Gasteiger partial charge is 0.404 e. The van der Waals surface area contributed by atoms with Crippen LogP contribution in [0.1, 0.15) is 6.42 Å². The molecule has 1 aromatic carbocycles. The van der Waals surface area contributed by atoms with Crippen molar-refractivity contribution < 1.29 is 26.3 Å². The van der Waals surface area contributed by atoms with Gasteiger partial charge in [-0.05, 0) is 18.6 Å². The zero-order chi connectivity index (χ0) is 14.5. The first-order valence-corrected chi connectivity index (χ1v) is 7.50. The third-order valence-corrected chi connectivity index (χ3v) is 3.15. The zero-order valence-corrected chi connectivity index (χ0v) is 11.0. The summed E-state index contributed by atoms with van der Waals surface area (Å²) in [5, 5.41) is 2.72. The van der Waals surface area contributed by atoms with Crippen molar-refractivity contribution in [2.75, 3.05) is 23.9 Å². The molecule has 1 rings (SSSR count). The number of ether oxygens (including phenoxy) is 1. The summed E-state index contributed by atoms with van der Waals surface area (Å²) in [6, 6.07) is 5.60. The van der Waals surface area contributed by atoms with Gasteiger partial charge in [-0.15, -0.1) is 13.2 Å². The molecular weight excluding hydrogens is 283 g/mol. The number of anilines is 1. The van der Waals surface area contributed by atoms with Crippen LogP contribution >= 0.6 is 0 Å². The molecule has 108 valence electrons. The largest absolute Gasteiger partial charge is 0.573 e. The van der Waals surface area contributed by atoms with Crippen LogP contribution in [0.5, 0.6) is 5.75 Å². The molecule has 0 fully saturated rings. The summed E-state index contributed by atoms with van der Waals surface area (Å²) >= 11 is 0. The minimum absolute atomic E-state index is 0.0255. The van der Waals surface area contributed by atoms with Crippen LogP contribution in [0.3, 0.4) is 0 Å². The van der Waals surface area contributed by atoms with Gasteiger partial charge in [0.1, 0.15) is 9.84 Å². The fraction of sp³-hybridized carbons (Fsp3) is 0.455. The van der Waals surface area contributed by atoms with Crippen molar-refractivity contribution in [3.8, 4) is 5.75 Å². The van der Waals surface area contributed by atoms with E-state index in [4.69, 9.17) is 0 Å². The Bertz CT molecular complexity index is 514. The summed E-state index contributed by atoms with van der Waals surface area (Å²) in [6.07, 6.45) is -3.35. The van der Waals surface area contributed by atoms with Crippen molar-refractivity contribution in [1.82, 2.24) is 0 Å². The minimum atomic E-state index is -4.76. The number of hydrogen-bond donors (Lipinski definition) is 1. The second-order valence-electron chi connectivity index (χ2n) is 3.95. The Kier molecular flexibility index (Phi) is 5.04. The highest BCUT2D eigenvalue weighted by Crippen LogP contribution is 2.29. The molecule has 0 aliphatic heterocycles. The molecule has 0 atom stereocenters. The van der Waals surface area contributed by atoms with Gasteiger partial charge >= 0.3 is 6.36 Å². The van der Waals surface area contributed by atoms with Crippen molar-refractivity contribution in [2.45, 2.75) is 12.8 Å². The summed E-state index contributed by atoms with van der Waals surface area (Å²) in [5.74, 6) is -0.364. The number of sulfone groups is 1. The van der Waals surface area contributed by atoms with E-state index in [9.17, 15) is 21.6 Å². The number of halogens is 3. The molecule has 0 aromatic heterocycles. The van der Waals surface area contributed by atoms with Gasteiger partial charge in [0.2, 0.25) is 0 Å². The maximum Gasteiger partial charge on any atom is 0.573 e. The minimum Gasteiger partial charge on any atom is -0.404 e. The van der Waals surface area contributed by atoms with Gasteiger partial charge in [0, 0.05) is 12.8 Å². The van der Waals surface area contributed by atoms with Crippen LogP contribution < -0.4 is 10.1 Å². The van der Waals surface area contributed by atoms with E-state index in [0.717, 1.165) is 6.26 Å². The van der Waals surface area contributed by atoms with Crippen LogP contribution in [0.25, 0.3) is 0 Å². The zero-order valence-electron chi connectivity index (χ0n) is 10.2. The molecule has 0 radical (unpaired) electrons. The maximum absolute atomic E-state index is 12.1. The first kappa shape index (κ1) is 15.6. The lowest BCUT2D eigenvalue weighted by Gasteiger charge is -2.14. The summed E-state index contributed by atoms with van der Waals surface area (Å²) in [5.41, 5.74) is 0.174. The van der Waals surface area contributed by atoms with Crippen LogP contribution in [0, 0.1) is 0 Å². The lowest BCUT2D eigenvalue weighted by molar-refractivity contribution is -0.274. The Balaban J connectivity index is 2.58. The number of nitrogens with one attached hydrogen (secondary N) is 1. The molecule has 1 aromatic rings. The van der Waals surface area contributed by atoms with Crippen LogP contribution in [0.2, 0.25) is 0 Å². The van der Waals surface area contributed by atoms with Gasteiger partial charge in [0.25, 0.3) is 0 Å². The predicted octanol–water partition coefficient (Wildman–Crippen LogP) is 2.43. The van der Waals surface area contributed by atoms with E-state index in [0.29, 0.717) is 6.42 Å². The summed E-state index contributed by atoms with van der Waals surface area (Å²) in [4.78, 5) is 0. The number of para-hydroxylation sites is 2. The number of hydrogen-bond acceptors (Lipinski definition) is 4. The number of rotatable bonds is 6. The van der Waals surface area contributed by atoms with E-state index >= 15 is 0 Å². The first-order valence-electron chi connectivity index (χ1n) is 5.44. The second kappa shape index (κ2) is 6.14. The molecule has 0 heterocycles. The standard InChI is InChI=1S/C11H14F3NO3S/c1-19(16,17)8-4-7-15-9-5-2-3-6-10(9)18-11(12,13)14/h2-3,5-6,15H,4,7-8H2,1H3. The summed E-state index contributed by atoms with van der Waals surface area (Å²) < 4.78 is 62.1. The Hall–Kier alpha value is -1.44. The Labute approximate surface area is 109 Å². The first-order chi connectivity index (χ1) is 8.67. The van der Waals surface area contributed by atoms with Crippen LogP contribution in [0.4, 0.5) is 18.9 Å². The molecule has 4 nitrogen and oxygen atoms in total. The SMILES string of the molecule is CS(=O)(=O)CCCNc1ccccc1OC(F)(F)F. The predicted molar refractivity (Wildman–Crippen MR) is 65.9 cm³/mol. The van der Waals surface area contributed by atoms with Crippen molar-refractivity contribution in [2.24, 2.45) is 0 Å². The normalized spacial score (nSPS) is 12.2. The van der Waals surface area contributed by atoms with E-state index in [-0.39, 0.29) is 23.7 Å².